The van der Waals surface area contributed by atoms with Gasteiger partial charge in [-0.15, -0.1) is 0 Å². The maximum Gasteiger partial charge on any atom is 0.259 e. The molecule has 0 bridgehead atoms. The molecule has 0 saturated carbocycles. The summed E-state index contributed by atoms with van der Waals surface area (Å²) >= 11 is 3.46. The number of nitrogens with zero attached hydrogens (tertiary/aromatic N) is 1. The fourth-order valence-electron chi connectivity index (χ4n) is 1.66. The zero-order chi connectivity index (χ0) is 10.8. The molecule has 0 spiro atoms. The van der Waals surface area contributed by atoms with Crippen LogP contribution in [0.3, 0.4) is 0 Å². The molecule has 1 aromatic rings. The zero-order valence-corrected chi connectivity index (χ0v) is 9.66. The van der Waals surface area contributed by atoms with E-state index in [4.69, 9.17) is 0 Å². The number of rotatable bonds is 1. The van der Waals surface area contributed by atoms with Gasteiger partial charge in [-0.25, -0.2) is 0 Å². The van der Waals surface area contributed by atoms with Crippen LogP contribution >= 0.6 is 15.9 Å². The summed E-state index contributed by atoms with van der Waals surface area (Å²) in [5.41, 5.74) is -0.00382. The average Bonchev–Trinajstić information content (AvgIpc) is 2.65. The van der Waals surface area contributed by atoms with Gasteiger partial charge in [0.15, 0.2) is 5.43 Å². The molecule has 1 N–H and O–H groups in total. The Morgan fingerprint density at radius 3 is 3.00 bits per heavy atom. The number of carbonyl (C=O) groups is 1. The Labute approximate surface area is 95.4 Å². The van der Waals surface area contributed by atoms with Gasteiger partial charge in [0.25, 0.3) is 5.91 Å². The van der Waals surface area contributed by atoms with Gasteiger partial charge in [0.2, 0.25) is 0 Å². The lowest BCUT2D eigenvalue weighted by molar-refractivity contribution is 0.0792. The predicted octanol–water partition coefficient (Wildman–Crippen LogP) is 0.984. The molecule has 15 heavy (non-hydrogen) atoms. The van der Waals surface area contributed by atoms with E-state index in [1.165, 1.54) is 18.5 Å². The number of hydrogen-bond donors (Lipinski definition) is 1. The standard InChI is InChI=1S/C10H11BrN2O2/c11-7-2-4-13(6-7)10(15)8-5-12-3-1-9(8)14/h1,3,5,7H,2,4,6H2,(H,12,14). The number of H-pyrrole nitrogens is 1. The van der Waals surface area contributed by atoms with Gasteiger partial charge in [-0.2, -0.15) is 0 Å². The number of halogens is 1. The van der Waals surface area contributed by atoms with Gasteiger partial charge in [0.1, 0.15) is 5.56 Å². The number of aromatic amines is 1. The van der Waals surface area contributed by atoms with E-state index in [1.807, 2.05) is 0 Å². The minimum absolute atomic E-state index is 0.182. The van der Waals surface area contributed by atoms with E-state index < -0.39 is 0 Å². The minimum Gasteiger partial charge on any atom is -0.367 e. The molecular weight excluding hydrogens is 260 g/mol. The normalized spacial score (nSPS) is 20.6. The van der Waals surface area contributed by atoms with E-state index in [0.717, 1.165) is 6.42 Å². The van der Waals surface area contributed by atoms with Gasteiger partial charge < -0.3 is 9.88 Å². The monoisotopic (exact) mass is 270 g/mol. The van der Waals surface area contributed by atoms with Crippen LogP contribution < -0.4 is 5.43 Å². The minimum atomic E-state index is -0.225. The van der Waals surface area contributed by atoms with Crippen LogP contribution in [0.1, 0.15) is 16.8 Å². The Morgan fingerprint density at radius 1 is 1.60 bits per heavy atom. The Bertz CT molecular complexity index is 429. The number of nitrogens with one attached hydrogen (secondary N) is 1. The summed E-state index contributed by atoms with van der Waals surface area (Å²) in [5.74, 6) is -0.182. The van der Waals surface area contributed by atoms with Crippen molar-refractivity contribution in [2.45, 2.75) is 11.2 Å². The first-order chi connectivity index (χ1) is 7.18. The van der Waals surface area contributed by atoms with Crippen LogP contribution in [0, 0.1) is 0 Å². The van der Waals surface area contributed by atoms with Crippen LogP contribution in [-0.4, -0.2) is 33.7 Å². The second kappa shape index (κ2) is 4.18. The van der Waals surface area contributed by atoms with Crippen molar-refractivity contribution in [2.75, 3.05) is 13.1 Å². The van der Waals surface area contributed by atoms with Crippen molar-refractivity contribution >= 4 is 21.8 Å². The molecule has 0 aromatic carbocycles. The molecule has 1 aromatic heterocycles. The van der Waals surface area contributed by atoms with Gasteiger partial charge in [0.05, 0.1) is 0 Å². The number of hydrogen-bond acceptors (Lipinski definition) is 2. The number of pyridine rings is 1. The van der Waals surface area contributed by atoms with Gasteiger partial charge in [-0.3, -0.25) is 9.59 Å². The highest BCUT2D eigenvalue weighted by atomic mass is 79.9. The molecule has 4 nitrogen and oxygen atoms in total. The second-order valence-corrected chi connectivity index (χ2v) is 4.85. The Morgan fingerprint density at radius 2 is 2.40 bits per heavy atom. The zero-order valence-electron chi connectivity index (χ0n) is 8.07. The molecule has 2 rings (SSSR count). The number of likely N-dealkylation sites (tertiary alicyclic amines) is 1. The maximum absolute atomic E-state index is 11.9. The first-order valence-corrected chi connectivity index (χ1v) is 5.70. The van der Waals surface area contributed by atoms with E-state index >= 15 is 0 Å². The molecule has 5 heteroatoms. The SMILES string of the molecule is O=C(c1c[nH]ccc1=O)N1CCC(Br)C1. The van der Waals surface area contributed by atoms with E-state index in [1.54, 1.807) is 4.90 Å². The largest absolute Gasteiger partial charge is 0.367 e. The summed E-state index contributed by atoms with van der Waals surface area (Å²) in [7, 11) is 0. The molecule has 1 amide bonds. The fraction of sp³-hybridized carbons (Fsp3) is 0.400. The van der Waals surface area contributed by atoms with Crippen molar-refractivity contribution in [3.63, 3.8) is 0 Å². The molecular formula is C10H11BrN2O2. The van der Waals surface area contributed by atoms with Crippen molar-refractivity contribution in [2.24, 2.45) is 0 Å². The highest BCUT2D eigenvalue weighted by molar-refractivity contribution is 9.09. The van der Waals surface area contributed by atoms with Gasteiger partial charge >= 0.3 is 0 Å². The molecule has 1 aliphatic rings. The quantitative estimate of drug-likeness (QED) is 0.774. The van der Waals surface area contributed by atoms with E-state index in [0.29, 0.717) is 17.9 Å². The molecule has 0 radical (unpaired) electrons. The van der Waals surface area contributed by atoms with Crippen molar-refractivity contribution in [3.05, 3.63) is 34.2 Å². The second-order valence-electron chi connectivity index (χ2n) is 3.56. The number of amides is 1. The highest BCUT2D eigenvalue weighted by Gasteiger charge is 2.26. The van der Waals surface area contributed by atoms with Crippen LogP contribution in [0.5, 0.6) is 0 Å². The first-order valence-electron chi connectivity index (χ1n) is 4.79. The van der Waals surface area contributed by atoms with Crippen molar-refractivity contribution in [1.29, 1.82) is 0 Å². The third-order valence-corrected chi connectivity index (χ3v) is 3.22. The summed E-state index contributed by atoms with van der Waals surface area (Å²) in [6.45, 7) is 1.39. The number of carbonyl (C=O) groups excluding carboxylic acids is 1. The topological polar surface area (TPSA) is 53.2 Å². The number of aromatic nitrogens is 1. The van der Waals surface area contributed by atoms with Crippen LogP contribution in [0.2, 0.25) is 0 Å². The molecule has 1 unspecified atom stereocenters. The summed E-state index contributed by atoms with van der Waals surface area (Å²) in [6, 6.07) is 1.37. The highest BCUT2D eigenvalue weighted by Crippen LogP contribution is 2.17. The molecule has 0 aliphatic carbocycles. The first kappa shape index (κ1) is 10.4. The predicted molar refractivity (Wildman–Crippen MR) is 60.3 cm³/mol. The Balaban J connectivity index is 2.22. The molecule has 1 aliphatic heterocycles. The third-order valence-electron chi connectivity index (χ3n) is 2.47. The van der Waals surface area contributed by atoms with Gasteiger partial charge in [-0.1, -0.05) is 15.9 Å². The van der Waals surface area contributed by atoms with Crippen LogP contribution in [0.15, 0.2) is 23.3 Å². The summed E-state index contributed by atoms with van der Waals surface area (Å²) in [4.78, 5) is 28.1. The van der Waals surface area contributed by atoms with Gasteiger partial charge in [-0.05, 0) is 6.42 Å². The van der Waals surface area contributed by atoms with Crippen molar-refractivity contribution < 1.29 is 4.79 Å². The smallest absolute Gasteiger partial charge is 0.259 e. The van der Waals surface area contributed by atoms with E-state index in [2.05, 4.69) is 20.9 Å². The summed E-state index contributed by atoms with van der Waals surface area (Å²) < 4.78 is 0. The van der Waals surface area contributed by atoms with Crippen LogP contribution in [-0.2, 0) is 0 Å². The van der Waals surface area contributed by atoms with Crippen molar-refractivity contribution in [1.82, 2.24) is 9.88 Å². The number of alkyl halides is 1. The fourth-order valence-corrected chi connectivity index (χ4v) is 2.21. The summed E-state index contributed by atoms with van der Waals surface area (Å²) in [5, 5.41) is 0. The molecule has 2 heterocycles. The summed E-state index contributed by atoms with van der Waals surface area (Å²) in [6.07, 6.45) is 3.93. The Hall–Kier alpha value is -1.10. The lowest BCUT2D eigenvalue weighted by atomic mass is 10.2. The Kier molecular flexibility index (Phi) is 2.90. The lowest BCUT2D eigenvalue weighted by Gasteiger charge is -2.14. The van der Waals surface area contributed by atoms with Crippen LogP contribution in [0.25, 0.3) is 0 Å². The maximum atomic E-state index is 11.9. The van der Waals surface area contributed by atoms with Crippen LogP contribution in [0.4, 0.5) is 0 Å². The molecule has 1 atom stereocenters. The van der Waals surface area contributed by atoms with E-state index in [9.17, 15) is 9.59 Å². The lowest BCUT2D eigenvalue weighted by Crippen LogP contribution is -2.32. The molecule has 1 fully saturated rings. The third kappa shape index (κ3) is 2.12. The molecule has 80 valence electrons. The van der Waals surface area contributed by atoms with Crippen molar-refractivity contribution in [3.8, 4) is 0 Å². The average molecular weight is 271 g/mol. The molecule has 1 saturated heterocycles. The van der Waals surface area contributed by atoms with Gasteiger partial charge in [0, 0.05) is 36.4 Å². The van der Waals surface area contributed by atoms with E-state index in [-0.39, 0.29) is 16.9 Å².